The smallest absolute Gasteiger partial charge is 0.416 e. The molecule has 2 heterocycles. The summed E-state index contributed by atoms with van der Waals surface area (Å²) in [6.45, 7) is -0.00873. The number of anilines is 3. The Bertz CT molecular complexity index is 1560. The number of aliphatic hydroxyl groups is 1. The number of thiazole rings is 1. The highest BCUT2D eigenvalue weighted by Gasteiger charge is 2.30. The summed E-state index contributed by atoms with van der Waals surface area (Å²) in [5.74, 6) is 0.778. The standard InChI is InChI=1S/C26H19F3N6O2S2/c27-26(28,29)16-2-1-3-17(10-16)33-25-34-18(14-39-25)13-38-24-21(12-31)22(20(11-30)23(32)35-24)15-4-6-19(7-5-15)37-9-8-36/h1-7,10,14,36H,8-9,13H2,(H2,32,35)(H,33,34). The summed E-state index contributed by atoms with van der Waals surface area (Å²) in [4.78, 5) is 8.70. The Kier molecular flexibility index (Phi) is 8.56. The molecule has 0 radical (unpaired) electrons. The molecule has 198 valence electrons. The minimum atomic E-state index is -4.45. The van der Waals surface area contributed by atoms with Gasteiger partial charge in [0.15, 0.2) is 5.13 Å². The minimum absolute atomic E-state index is 0.0280. The number of aliphatic hydroxyl groups excluding tert-OH is 1. The van der Waals surface area contributed by atoms with Gasteiger partial charge < -0.3 is 20.9 Å². The van der Waals surface area contributed by atoms with E-state index in [0.717, 1.165) is 12.1 Å². The van der Waals surface area contributed by atoms with Gasteiger partial charge in [0.05, 0.1) is 23.4 Å². The van der Waals surface area contributed by atoms with Crippen molar-refractivity contribution >= 4 is 39.7 Å². The Morgan fingerprint density at radius 1 is 1.08 bits per heavy atom. The fourth-order valence-electron chi connectivity index (χ4n) is 3.54. The van der Waals surface area contributed by atoms with Gasteiger partial charge >= 0.3 is 6.18 Å². The van der Waals surface area contributed by atoms with E-state index in [0.29, 0.717) is 38.5 Å². The normalized spacial score (nSPS) is 11.0. The van der Waals surface area contributed by atoms with Crippen LogP contribution in [0, 0.1) is 22.7 Å². The van der Waals surface area contributed by atoms with Crippen molar-refractivity contribution in [1.82, 2.24) is 9.97 Å². The second-order valence-electron chi connectivity index (χ2n) is 7.88. The van der Waals surface area contributed by atoms with Crippen molar-refractivity contribution in [3.05, 3.63) is 76.3 Å². The number of alkyl halides is 3. The molecular formula is C26H19F3N6O2S2. The van der Waals surface area contributed by atoms with Crippen LogP contribution in [0.5, 0.6) is 5.75 Å². The molecule has 0 bridgehead atoms. The highest BCUT2D eigenvalue weighted by Crippen LogP contribution is 2.38. The summed E-state index contributed by atoms with van der Waals surface area (Å²) in [6, 6.07) is 15.7. The van der Waals surface area contributed by atoms with Gasteiger partial charge in [0.25, 0.3) is 0 Å². The number of rotatable bonds is 9. The molecule has 4 aromatic rings. The number of benzene rings is 2. The quantitative estimate of drug-likeness (QED) is 0.209. The van der Waals surface area contributed by atoms with Crippen LogP contribution in [0.4, 0.5) is 29.8 Å². The number of thioether (sulfide) groups is 1. The molecule has 39 heavy (non-hydrogen) atoms. The van der Waals surface area contributed by atoms with Crippen LogP contribution < -0.4 is 15.8 Å². The number of pyridine rings is 1. The van der Waals surface area contributed by atoms with Crippen molar-refractivity contribution in [3.63, 3.8) is 0 Å². The lowest BCUT2D eigenvalue weighted by molar-refractivity contribution is -0.137. The van der Waals surface area contributed by atoms with Crippen molar-refractivity contribution < 1.29 is 23.0 Å². The Balaban J connectivity index is 1.56. The van der Waals surface area contributed by atoms with Crippen molar-refractivity contribution in [2.45, 2.75) is 17.0 Å². The molecule has 0 aliphatic heterocycles. The summed E-state index contributed by atoms with van der Waals surface area (Å²) in [5, 5.41) is 34.0. The summed E-state index contributed by atoms with van der Waals surface area (Å²) < 4.78 is 44.4. The predicted octanol–water partition coefficient (Wildman–Crippen LogP) is 5.96. The molecule has 0 saturated heterocycles. The van der Waals surface area contributed by atoms with Crippen LogP contribution in [0.2, 0.25) is 0 Å². The topological polar surface area (TPSA) is 141 Å². The number of ether oxygens (including phenoxy) is 1. The molecule has 4 N–H and O–H groups in total. The van der Waals surface area contributed by atoms with E-state index >= 15 is 0 Å². The van der Waals surface area contributed by atoms with Crippen LogP contribution in [-0.2, 0) is 11.9 Å². The molecule has 13 heteroatoms. The van der Waals surface area contributed by atoms with E-state index in [9.17, 15) is 23.7 Å². The number of aromatic nitrogens is 2. The van der Waals surface area contributed by atoms with Gasteiger partial charge in [-0.15, -0.1) is 11.3 Å². The maximum atomic E-state index is 13.0. The Morgan fingerprint density at radius 2 is 1.82 bits per heavy atom. The molecule has 2 aromatic heterocycles. The van der Waals surface area contributed by atoms with Gasteiger partial charge in [0.2, 0.25) is 0 Å². The molecule has 0 unspecified atom stereocenters. The first-order chi connectivity index (χ1) is 18.7. The number of halogens is 3. The third-order valence-corrected chi connectivity index (χ3v) is 7.08. The minimum Gasteiger partial charge on any atom is -0.491 e. The van der Waals surface area contributed by atoms with Crippen LogP contribution >= 0.6 is 23.1 Å². The average molecular weight is 569 g/mol. The van der Waals surface area contributed by atoms with Gasteiger partial charge in [0.1, 0.15) is 40.9 Å². The lowest BCUT2D eigenvalue weighted by Gasteiger charge is -2.13. The van der Waals surface area contributed by atoms with E-state index in [4.69, 9.17) is 15.6 Å². The summed E-state index contributed by atoms with van der Waals surface area (Å²) in [6.07, 6.45) is -4.45. The van der Waals surface area contributed by atoms with Gasteiger partial charge in [-0.05, 0) is 35.9 Å². The number of nitrogens with zero attached hydrogens (tertiary/aromatic N) is 4. The maximum absolute atomic E-state index is 13.0. The number of nitrogen functional groups attached to an aromatic ring is 1. The fourth-order valence-corrected chi connectivity index (χ4v) is 5.27. The van der Waals surface area contributed by atoms with Crippen molar-refractivity contribution in [3.8, 4) is 29.0 Å². The third-order valence-electron chi connectivity index (χ3n) is 5.27. The van der Waals surface area contributed by atoms with E-state index in [2.05, 4.69) is 21.4 Å². The molecule has 0 amide bonds. The molecule has 0 fully saturated rings. The van der Waals surface area contributed by atoms with Crippen molar-refractivity contribution in [2.75, 3.05) is 24.3 Å². The summed E-state index contributed by atoms with van der Waals surface area (Å²) in [5.41, 5.74) is 7.33. The molecule has 0 saturated carbocycles. The highest BCUT2D eigenvalue weighted by atomic mass is 32.2. The molecule has 0 spiro atoms. The van der Waals surface area contributed by atoms with E-state index in [-0.39, 0.29) is 35.8 Å². The van der Waals surface area contributed by atoms with Crippen LogP contribution in [-0.4, -0.2) is 28.3 Å². The molecule has 0 aliphatic carbocycles. The van der Waals surface area contributed by atoms with Crippen LogP contribution in [0.25, 0.3) is 11.1 Å². The summed E-state index contributed by atoms with van der Waals surface area (Å²) in [7, 11) is 0. The largest absolute Gasteiger partial charge is 0.491 e. The van der Waals surface area contributed by atoms with Crippen molar-refractivity contribution in [1.29, 1.82) is 10.5 Å². The zero-order chi connectivity index (χ0) is 28.0. The maximum Gasteiger partial charge on any atom is 0.416 e. The Morgan fingerprint density at radius 3 is 2.49 bits per heavy atom. The summed E-state index contributed by atoms with van der Waals surface area (Å²) >= 11 is 2.42. The first-order valence-electron chi connectivity index (χ1n) is 11.2. The monoisotopic (exact) mass is 568 g/mol. The molecule has 4 rings (SSSR count). The first kappa shape index (κ1) is 27.7. The number of nitrogens with one attached hydrogen (secondary N) is 1. The second-order valence-corrected chi connectivity index (χ2v) is 9.71. The zero-order valence-electron chi connectivity index (χ0n) is 20.0. The lowest BCUT2D eigenvalue weighted by Crippen LogP contribution is -2.05. The van der Waals surface area contributed by atoms with Gasteiger partial charge in [0, 0.05) is 22.4 Å². The van der Waals surface area contributed by atoms with E-state index < -0.39 is 11.7 Å². The van der Waals surface area contributed by atoms with E-state index in [1.54, 1.807) is 29.6 Å². The van der Waals surface area contributed by atoms with E-state index in [1.165, 1.54) is 35.2 Å². The van der Waals surface area contributed by atoms with Crippen molar-refractivity contribution in [2.24, 2.45) is 0 Å². The van der Waals surface area contributed by atoms with Crippen LogP contribution in [0.15, 0.2) is 58.9 Å². The molecule has 0 atom stereocenters. The Labute approximate surface area is 229 Å². The fraction of sp³-hybridized carbons (Fsp3) is 0.154. The number of hydrogen-bond donors (Lipinski definition) is 3. The number of nitrogens with two attached hydrogens (primary N) is 1. The second kappa shape index (κ2) is 12.0. The Hall–Kier alpha value is -4.30. The zero-order valence-corrected chi connectivity index (χ0v) is 21.6. The lowest BCUT2D eigenvalue weighted by atomic mass is 9.97. The first-order valence-corrected chi connectivity index (χ1v) is 13.1. The molecule has 2 aromatic carbocycles. The predicted molar refractivity (Wildman–Crippen MR) is 142 cm³/mol. The SMILES string of the molecule is N#Cc1c(N)nc(SCc2csc(Nc3cccc(C(F)(F)F)c3)n2)c(C#N)c1-c1ccc(OCCO)cc1. The van der Waals surface area contributed by atoms with E-state index in [1.807, 2.05) is 6.07 Å². The molecule has 8 nitrogen and oxygen atoms in total. The molecular weight excluding hydrogens is 549 g/mol. The van der Waals surface area contributed by atoms with Gasteiger partial charge in [-0.2, -0.15) is 23.7 Å². The van der Waals surface area contributed by atoms with Gasteiger partial charge in [-0.1, -0.05) is 30.0 Å². The van der Waals surface area contributed by atoms with Crippen LogP contribution in [0.1, 0.15) is 22.4 Å². The van der Waals surface area contributed by atoms with Crippen LogP contribution in [0.3, 0.4) is 0 Å². The van der Waals surface area contributed by atoms with Gasteiger partial charge in [-0.3, -0.25) is 0 Å². The third kappa shape index (κ3) is 6.59. The number of hydrogen-bond acceptors (Lipinski definition) is 10. The number of nitriles is 2. The van der Waals surface area contributed by atoms with Gasteiger partial charge in [-0.25, -0.2) is 9.97 Å². The average Bonchev–Trinajstić information content (AvgIpc) is 3.37. The highest BCUT2D eigenvalue weighted by molar-refractivity contribution is 7.98. The molecule has 0 aliphatic rings.